The number of rotatable bonds is 11. The Bertz CT molecular complexity index is 925. The molecule has 3 unspecified atom stereocenters. The molecule has 4 atom stereocenters. The number of ketones is 1. The highest BCUT2D eigenvalue weighted by Crippen LogP contribution is 2.30. The fourth-order valence-corrected chi connectivity index (χ4v) is 6.49. The molecule has 1 aliphatic heterocycles. The van der Waals surface area contributed by atoms with E-state index in [0.717, 1.165) is 49.9 Å². The summed E-state index contributed by atoms with van der Waals surface area (Å²) in [5, 5.41) is 3.35. The second kappa shape index (κ2) is 14.1. The van der Waals surface area contributed by atoms with Crippen LogP contribution in [0.5, 0.6) is 0 Å². The van der Waals surface area contributed by atoms with Crippen molar-refractivity contribution in [3.05, 3.63) is 59.7 Å². The lowest BCUT2D eigenvalue weighted by atomic mass is 9.85. The maximum Gasteiger partial charge on any atom is 0.315 e. The first-order chi connectivity index (χ1) is 18.0. The van der Waals surface area contributed by atoms with Crippen molar-refractivity contribution in [3.8, 4) is 0 Å². The van der Waals surface area contributed by atoms with Gasteiger partial charge in [0.2, 0.25) is 0 Å². The van der Waals surface area contributed by atoms with Crippen LogP contribution in [0.3, 0.4) is 0 Å². The monoisotopic (exact) mass is 506 g/mol. The van der Waals surface area contributed by atoms with Crippen LogP contribution in [0.4, 0.5) is 0 Å². The minimum atomic E-state index is -0.302. The molecule has 0 amide bonds. The van der Waals surface area contributed by atoms with Gasteiger partial charge in [0.25, 0.3) is 0 Å². The lowest BCUT2D eigenvalue weighted by Crippen LogP contribution is -2.44. The van der Waals surface area contributed by atoms with Crippen molar-refractivity contribution in [1.82, 2.24) is 10.2 Å². The zero-order chi connectivity index (χ0) is 26.0. The van der Waals surface area contributed by atoms with Crippen molar-refractivity contribution in [1.29, 1.82) is 0 Å². The third-order valence-electron chi connectivity index (χ3n) is 8.26. The molecule has 0 radical (unpaired) electrons. The molecule has 2 fully saturated rings. The standard InChI is InChI=1S/C32H46N2O3/c1-24-18-25(2)22-34(21-24)23-29(26-12-6-3-7-13-26)32(36)37-31(28-16-10-5-11-17-28)20-33-19-30(35)27-14-8-4-9-15-27/h3,6-8,12-15,24-25,28-29,31,33H,4-5,9-11,16-23H2,1-2H3/t24?,25?,29?,31-/m0/s1. The van der Waals surface area contributed by atoms with Crippen molar-refractivity contribution in [2.45, 2.75) is 77.2 Å². The summed E-state index contributed by atoms with van der Waals surface area (Å²) in [7, 11) is 0. The fourth-order valence-electron chi connectivity index (χ4n) is 6.49. The summed E-state index contributed by atoms with van der Waals surface area (Å²) in [5.41, 5.74) is 1.82. The molecule has 1 saturated carbocycles. The summed E-state index contributed by atoms with van der Waals surface area (Å²) in [4.78, 5) is 28.9. The van der Waals surface area contributed by atoms with Crippen molar-refractivity contribution < 1.29 is 14.3 Å². The average Bonchev–Trinajstić information content (AvgIpc) is 2.92. The van der Waals surface area contributed by atoms with E-state index in [1.54, 1.807) is 0 Å². The van der Waals surface area contributed by atoms with E-state index in [2.05, 4.69) is 42.3 Å². The first-order valence-electron chi connectivity index (χ1n) is 14.6. The second-order valence-electron chi connectivity index (χ2n) is 11.7. The Morgan fingerprint density at radius 2 is 1.76 bits per heavy atom. The number of piperidine rings is 1. The molecule has 1 aromatic rings. The van der Waals surface area contributed by atoms with Crippen LogP contribution in [0.1, 0.15) is 76.7 Å². The number of Topliss-reactive ketones (excluding diaryl/α,β-unsaturated/α-hetero) is 1. The van der Waals surface area contributed by atoms with Crippen LogP contribution < -0.4 is 5.32 Å². The molecular formula is C32H46N2O3. The van der Waals surface area contributed by atoms with E-state index in [-0.39, 0.29) is 30.3 Å². The van der Waals surface area contributed by atoms with Gasteiger partial charge in [-0.15, -0.1) is 0 Å². The highest BCUT2D eigenvalue weighted by molar-refractivity contribution is 5.99. The van der Waals surface area contributed by atoms with E-state index in [1.165, 1.54) is 25.7 Å². The molecule has 1 N–H and O–H groups in total. The zero-order valence-electron chi connectivity index (χ0n) is 22.9. The summed E-state index contributed by atoms with van der Waals surface area (Å²) in [6.45, 7) is 8.18. The van der Waals surface area contributed by atoms with Crippen molar-refractivity contribution >= 4 is 11.8 Å². The number of nitrogens with zero attached hydrogens (tertiary/aromatic N) is 1. The molecule has 2 aliphatic carbocycles. The summed E-state index contributed by atoms with van der Waals surface area (Å²) in [5.74, 6) is 1.31. The number of nitrogens with one attached hydrogen (secondary N) is 1. The lowest BCUT2D eigenvalue weighted by Gasteiger charge is -2.37. The Balaban J connectivity index is 1.43. The van der Waals surface area contributed by atoms with Crippen molar-refractivity contribution in [2.75, 3.05) is 32.7 Å². The van der Waals surface area contributed by atoms with E-state index in [9.17, 15) is 9.59 Å². The summed E-state index contributed by atoms with van der Waals surface area (Å²) in [6, 6.07) is 10.1. The van der Waals surface area contributed by atoms with E-state index >= 15 is 0 Å². The molecule has 4 rings (SSSR count). The van der Waals surface area contributed by atoms with Gasteiger partial charge in [0.05, 0.1) is 12.5 Å². The normalized spacial score (nSPS) is 24.8. The number of hydrogen-bond donors (Lipinski definition) is 1. The van der Waals surface area contributed by atoms with Crippen LogP contribution in [0.15, 0.2) is 54.1 Å². The average molecular weight is 507 g/mol. The number of carbonyl (C=O) groups is 2. The number of carbonyl (C=O) groups excluding carboxylic acids is 2. The molecule has 0 bridgehead atoms. The molecule has 0 aromatic heterocycles. The van der Waals surface area contributed by atoms with E-state index in [1.807, 2.05) is 30.4 Å². The number of allylic oxidation sites excluding steroid dienone is 3. The number of esters is 1. The van der Waals surface area contributed by atoms with Crippen molar-refractivity contribution in [2.24, 2.45) is 17.8 Å². The Morgan fingerprint density at radius 3 is 2.43 bits per heavy atom. The summed E-state index contributed by atoms with van der Waals surface area (Å²) < 4.78 is 6.36. The topological polar surface area (TPSA) is 58.6 Å². The zero-order valence-corrected chi connectivity index (χ0v) is 22.9. The van der Waals surface area contributed by atoms with Gasteiger partial charge in [-0.1, -0.05) is 81.7 Å². The molecule has 5 nitrogen and oxygen atoms in total. The molecule has 202 valence electrons. The summed E-state index contributed by atoms with van der Waals surface area (Å²) in [6.07, 6.45) is 14.8. The largest absolute Gasteiger partial charge is 0.460 e. The molecule has 5 heteroatoms. The van der Waals surface area contributed by atoms with Crippen LogP contribution in [0.25, 0.3) is 0 Å². The first-order valence-corrected chi connectivity index (χ1v) is 14.6. The Hall–Kier alpha value is -2.24. The van der Waals surface area contributed by atoms with Gasteiger partial charge in [0.15, 0.2) is 5.78 Å². The van der Waals surface area contributed by atoms with Gasteiger partial charge in [0.1, 0.15) is 6.10 Å². The van der Waals surface area contributed by atoms with Gasteiger partial charge in [0, 0.05) is 31.8 Å². The molecule has 1 aromatic carbocycles. The maximum atomic E-state index is 13.8. The van der Waals surface area contributed by atoms with Crippen LogP contribution >= 0.6 is 0 Å². The third kappa shape index (κ3) is 8.38. The summed E-state index contributed by atoms with van der Waals surface area (Å²) >= 11 is 0. The minimum absolute atomic E-state index is 0.111. The quantitative estimate of drug-likeness (QED) is 0.392. The Kier molecular flexibility index (Phi) is 10.6. The number of hydrogen-bond acceptors (Lipinski definition) is 5. The fraction of sp³-hybridized carbons (Fsp3) is 0.625. The molecule has 1 saturated heterocycles. The molecule has 3 aliphatic rings. The number of ether oxygens (including phenoxy) is 1. The number of benzene rings is 1. The predicted molar refractivity (Wildman–Crippen MR) is 149 cm³/mol. The highest BCUT2D eigenvalue weighted by Gasteiger charge is 2.33. The smallest absolute Gasteiger partial charge is 0.315 e. The highest BCUT2D eigenvalue weighted by atomic mass is 16.5. The lowest BCUT2D eigenvalue weighted by molar-refractivity contribution is -0.155. The van der Waals surface area contributed by atoms with Gasteiger partial charge in [-0.05, 0) is 55.4 Å². The molecular weight excluding hydrogens is 460 g/mol. The molecule has 37 heavy (non-hydrogen) atoms. The van der Waals surface area contributed by atoms with Crippen LogP contribution in [-0.2, 0) is 14.3 Å². The van der Waals surface area contributed by atoms with E-state index < -0.39 is 0 Å². The van der Waals surface area contributed by atoms with E-state index in [4.69, 9.17) is 4.74 Å². The Morgan fingerprint density at radius 1 is 1.03 bits per heavy atom. The first kappa shape index (κ1) is 27.8. The van der Waals surface area contributed by atoms with Gasteiger partial charge in [-0.3, -0.25) is 9.59 Å². The van der Waals surface area contributed by atoms with Crippen LogP contribution in [-0.4, -0.2) is 55.5 Å². The van der Waals surface area contributed by atoms with E-state index in [0.29, 0.717) is 30.8 Å². The van der Waals surface area contributed by atoms with Gasteiger partial charge >= 0.3 is 5.97 Å². The molecule has 0 spiro atoms. The SMILES string of the molecule is CC1CC(C)CN(CC(C(=O)O[C@@H](CNCC(=O)C2=CCCC=C2)C2CCCCC2)c2ccccc2)C1. The van der Waals surface area contributed by atoms with Crippen LogP contribution in [0.2, 0.25) is 0 Å². The van der Waals surface area contributed by atoms with Gasteiger partial charge in [-0.2, -0.15) is 0 Å². The third-order valence-corrected chi connectivity index (χ3v) is 8.26. The number of likely N-dealkylation sites (tertiary alicyclic amines) is 1. The minimum Gasteiger partial charge on any atom is -0.460 e. The van der Waals surface area contributed by atoms with Crippen molar-refractivity contribution in [3.63, 3.8) is 0 Å². The maximum absolute atomic E-state index is 13.8. The molecule has 1 heterocycles. The second-order valence-corrected chi connectivity index (χ2v) is 11.7. The van der Waals surface area contributed by atoms with Crippen LogP contribution in [0, 0.1) is 17.8 Å². The van der Waals surface area contributed by atoms with Gasteiger partial charge < -0.3 is 15.0 Å². The predicted octanol–water partition coefficient (Wildman–Crippen LogP) is 5.68. The Labute approximate surface area is 223 Å². The van der Waals surface area contributed by atoms with Gasteiger partial charge in [-0.25, -0.2) is 0 Å².